The summed E-state index contributed by atoms with van der Waals surface area (Å²) >= 11 is 11.7. The highest BCUT2D eigenvalue weighted by Gasteiger charge is 2.03. The third-order valence-electron chi connectivity index (χ3n) is 2.10. The molecular weight excluding hydrogens is 245 g/mol. The van der Waals surface area contributed by atoms with Crippen molar-refractivity contribution in [1.82, 2.24) is 10.2 Å². The van der Waals surface area contributed by atoms with Crippen LogP contribution in [0.25, 0.3) is 0 Å². The van der Waals surface area contributed by atoms with Gasteiger partial charge in [-0.25, -0.2) is 0 Å². The quantitative estimate of drug-likeness (QED) is 0.896. The van der Waals surface area contributed by atoms with Crippen LogP contribution in [0.3, 0.4) is 0 Å². The summed E-state index contributed by atoms with van der Waals surface area (Å²) in [6.45, 7) is 0. The van der Waals surface area contributed by atoms with E-state index in [-0.39, 0.29) is 5.82 Å². The van der Waals surface area contributed by atoms with Crippen LogP contribution in [0.1, 0.15) is 11.3 Å². The summed E-state index contributed by atoms with van der Waals surface area (Å²) in [6, 6.07) is 9.28. The highest BCUT2D eigenvalue weighted by atomic mass is 35.5. The van der Waals surface area contributed by atoms with Gasteiger partial charge in [-0.3, -0.25) is 0 Å². The molecule has 2 aromatic rings. The van der Waals surface area contributed by atoms with Crippen LogP contribution in [0.4, 0.5) is 5.82 Å². The van der Waals surface area contributed by atoms with Gasteiger partial charge in [-0.1, -0.05) is 35.3 Å². The summed E-state index contributed by atoms with van der Waals surface area (Å²) in [5, 5.41) is 8.85. The predicted octanol–water partition coefficient (Wildman–Crippen LogP) is 2.96. The number of benzene rings is 1. The van der Waals surface area contributed by atoms with Gasteiger partial charge >= 0.3 is 0 Å². The van der Waals surface area contributed by atoms with Gasteiger partial charge < -0.3 is 5.73 Å². The first-order valence-electron chi connectivity index (χ1n) is 4.67. The number of nitrogens with zero attached hydrogens (tertiary/aromatic N) is 2. The van der Waals surface area contributed by atoms with Crippen LogP contribution in [0.2, 0.25) is 10.0 Å². The maximum absolute atomic E-state index is 5.89. The molecule has 1 aromatic carbocycles. The van der Waals surface area contributed by atoms with E-state index < -0.39 is 0 Å². The lowest BCUT2D eigenvalue weighted by atomic mass is 10.1. The van der Waals surface area contributed by atoms with Crippen molar-refractivity contribution in [2.45, 2.75) is 6.42 Å². The van der Waals surface area contributed by atoms with Gasteiger partial charge in [0.2, 0.25) is 0 Å². The van der Waals surface area contributed by atoms with Gasteiger partial charge in [0.25, 0.3) is 0 Å². The fourth-order valence-corrected chi connectivity index (χ4v) is 1.73. The summed E-state index contributed by atoms with van der Waals surface area (Å²) < 4.78 is 0. The first-order valence-corrected chi connectivity index (χ1v) is 5.43. The number of rotatable bonds is 2. The second-order valence-corrected chi connectivity index (χ2v) is 4.22. The normalized spacial score (nSPS) is 10.4. The molecule has 0 radical (unpaired) electrons. The Bertz CT molecular complexity index is 514. The summed E-state index contributed by atoms with van der Waals surface area (Å²) in [5.41, 5.74) is 7.30. The van der Waals surface area contributed by atoms with Crippen LogP contribution < -0.4 is 5.73 Å². The van der Waals surface area contributed by atoms with Gasteiger partial charge in [0.15, 0.2) is 5.82 Å². The van der Waals surface area contributed by atoms with Crippen molar-refractivity contribution in [2.75, 3.05) is 5.73 Å². The van der Waals surface area contributed by atoms with Crippen LogP contribution in [0, 0.1) is 0 Å². The van der Waals surface area contributed by atoms with Crippen molar-refractivity contribution in [3.63, 3.8) is 0 Å². The van der Waals surface area contributed by atoms with Crippen molar-refractivity contribution >= 4 is 29.0 Å². The van der Waals surface area contributed by atoms with Crippen LogP contribution in [0.5, 0.6) is 0 Å². The van der Waals surface area contributed by atoms with E-state index in [0.29, 0.717) is 16.5 Å². The monoisotopic (exact) mass is 253 g/mol. The molecule has 2 rings (SSSR count). The zero-order chi connectivity index (χ0) is 11.5. The van der Waals surface area contributed by atoms with Gasteiger partial charge in [0.1, 0.15) is 0 Å². The SMILES string of the molecule is Nc1nnc(Cc2cccc(Cl)c2)cc1Cl. The fourth-order valence-electron chi connectivity index (χ4n) is 1.36. The highest BCUT2D eigenvalue weighted by Crippen LogP contribution is 2.18. The molecule has 3 nitrogen and oxygen atoms in total. The molecule has 0 aliphatic rings. The predicted molar refractivity (Wildman–Crippen MR) is 65.7 cm³/mol. The number of nitrogens with two attached hydrogens (primary N) is 1. The van der Waals surface area contributed by atoms with E-state index in [2.05, 4.69) is 10.2 Å². The Labute approximate surface area is 103 Å². The molecule has 1 heterocycles. The van der Waals surface area contributed by atoms with E-state index in [1.54, 1.807) is 6.07 Å². The number of anilines is 1. The van der Waals surface area contributed by atoms with E-state index in [0.717, 1.165) is 11.3 Å². The maximum atomic E-state index is 5.89. The molecule has 5 heteroatoms. The lowest BCUT2D eigenvalue weighted by Gasteiger charge is -2.02. The molecule has 82 valence electrons. The molecule has 0 unspecified atom stereocenters. The molecule has 0 amide bonds. The average Bonchev–Trinajstić information content (AvgIpc) is 2.24. The lowest BCUT2D eigenvalue weighted by molar-refractivity contribution is 0.945. The Kier molecular flexibility index (Phi) is 3.27. The van der Waals surface area contributed by atoms with E-state index in [1.165, 1.54) is 0 Å². The van der Waals surface area contributed by atoms with E-state index in [1.807, 2.05) is 24.3 Å². The van der Waals surface area contributed by atoms with E-state index in [4.69, 9.17) is 28.9 Å². The first kappa shape index (κ1) is 11.2. The van der Waals surface area contributed by atoms with Crippen LogP contribution in [-0.4, -0.2) is 10.2 Å². The van der Waals surface area contributed by atoms with Crippen LogP contribution in [-0.2, 0) is 6.42 Å². The minimum atomic E-state index is 0.247. The van der Waals surface area contributed by atoms with Crippen LogP contribution >= 0.6 is 23.2 Å². The zero-order valence-electron chi connectivity index (χ0n) is 8.32. The highest BCUT2D eigenvalue weighted by molar-refractivity contribution is 6.32. The molecule has 1 aromatic heterocycles. The Morgan fingerprint density at radius 1 is 1.12 bits per heavy atom. The number of nitrogen functional groups attached to an aromatic ring is 1. The molecule has 16 heavy (non-hydrogen) atoms. The Hall–Kier alpha value is -1.32. The van der Waals surface area contributed by atoms with E-state index in [9.17, 15) is 0 Å². The first-order chi connectivity index (χ1) is 7.65. The Morgan fingerprint density at radius 2 is 1.94 bits per heavy atom. The summed E-state index contributed by atoms with van der Waals surface area (Å²) in [7, 11) is 0. The van der Waals surface area contributed by atoms with Crippen molar-refractivity contribution in [2.24, 2.45) is 0 Å². The fraction of sp³-hybridized carbons (Fsp3) is 0.0909. The standard InChI is InChI=1S/C11H9Cl2N3/c12-8-3-1-2-7(4-8)5-9-6-10(13)11(14)16-15-9/h1-4,6H,5H2,(H2,14,16). The second-order valence-electron chi connectivity index (χ2n) is 3.38. The molecule has 0 aliphatic carbocycles. The third-order valence-corrected chi connectivity index (χ3v) is 2.64. The number of hydrogen-bond acceptors (Lipinski definition) is 3. The molecule has 0 fully saturated rings. The molecule has 0 saturated heterocycles. The molecule has 0 aliphatic heterocycles. The van der Waals surface area contributed by atoms with Crippen LogP contribution in [0.15, 0.2) is 30.3 Å². The largest absolute Gasteiger partial charge is 0.381 e. The maximum Gasteiger partial charge on any atom is 0.164 e. The van der Waals surface area contributed by atoms with Gasteiger partial charge in [-0.2, -0.15) is 5.10 Å². The topological polar surface area (TPSA) is 51.8 Å². The molecule has 2 N–H and O–H groups in total. The Morgan fingerprint density at radius 3 is 2.62 bits per heavy atom. The van der Waals surface area contributed by atoms with E-state index >= 15 is 0 Å². The molecular formula is C11H9Cl2N3. The lowest BCUT2D eigenvalue weighted by Crippen LogP contribution is -1.99. The summed E-state index contributed by atoms with van der Waals surface area (Å²) in [6.07, 6.45) is 0.632. The zero-order valence-corrected chi connectivity index (χ0v) is 9.83. The molecule has 0 saturated carbocycles. The average molecular weight is 254 g/mol. The summed E-state index contributed by atoms with van der Waals surface area (Å²) in [4.78, 5) is 0. The van der Waals surface area contributed by atoms with Crippen molar-refractivity contribution in [3.8, 4) is 0 Å². The second kappa shape index (κ2) is 4.68. The van der Waals surface area contributed by atoms with Crippen molar-refractivity contribution < 1.29 is 0 Å². The summed E-state index contributed by atoms with van der Waals surface area (Å²) in [5.74, 6) is 0.247. The van der Waals surface area contributed by atoms with Gasteiger partial charge in [0.05, 0.1) is 10.7 Å². The molecule has 0 bridgehead atoms. The minimum absolute atomic E-state index is 0.247. The number of hydrogen-bond donors (Lipinski definition) is 1. The van der Waals surface area contributed by atoms with Gasteiger partial charge in [-0.05, 0) is 23.8 Å². The number of halogens is 2. The van der Waals surface area contributed by atoms with Gasteiger partial charge in [0, 0.05) is 11.4 Å². The smallest absolute Gasteiger partial charge is 0.164 e. The molecule has 0 spiro atoms. The van der Waals surface area contributed by atoms with Crippen molar-refractivity contribution in [1.29, 1.82) is 0 Å². The van der Waals surface area contributed by atoms with Gasteiger partial charge in [-0.15, -0.1) is 5.10 Å². The Balaban J connectivity index is 2.24. The minimum Gasteiger partial charge on any atom is -0.381 e. The third kappa shape index (κ3) is 2.62. The van der Waals surface area contributed by atoms with Crippen molar-refractivity contribution in [3.05, 3.63) is 51.6 Å². The number of aromatic nitrogens is 2. The molecule has 0 atom stereocenters.